The Hall–Kier alpha value is -3.47. The lowest BCUT2D eigenvalue weighted by atomic mass is 10.0. The van der Waals surface area contributed by atoms with Crippen LogP contribution in [0.2, 0.25) is 0 Å². The van der Waals surface area contributed by atoms with E-state index >= 15 is 0 Å². The highest BCUT2D eigenvalue weighted by atomic mass is 16.5. The predicted octanol–water partition coefficient (Wildman–Crippen LogP) is 1.42. The summed E-state index contributed by atoms with van der Waals surface area (Å²) in [5, 5.41) is 26.6. The molecular weight excluding hydrogens is 438 g/mol. The van der Waals surface area contributed by atoms with Crippen molar-refractivity contribution in [3.63, 3.8) is 0 Å². The molecule has 0 fully saturated rings. The fourth-order valence-corrected chi connectivity index (χ4v) is 3.59. The van der Waals surface area contributed by atoms with Crippen LogP contribution in [0.4, 0.5) is 5.82 Å². The van der Waals surface area contributed by atoms with Crippen LogP contribution in [0.3, 0.4) is 0 Å². The number of aliphatic hydroxyl groups excluding tert-OH is 1. The quantitative estimate of drug-likeness (QED) is 0.308. The highest BCUT2D eigenvalue weighted by molar-refractivity contribution is 5.89. The van der Waals surface area contributed by atoms with Crippen LogP contribution < -0.4 is 20.7 Å². The van der Waals surface area contributed by atoms with Gasteiger partial charge in [0.05, 0.1) is 18.1 Å². The topological polar surface area (TPSA) is 143 Å². The molecule has 184 valence electrons. The molecule has 0 radical (unpaired) electrons. The Morgan fingerprint density at radius 2 is 1.85 bits per heavy atom. The number of nitrogens with one attached hydrogen (secondary N) is 3. The summed E-state index contributed by atoms with van der Waals surface area (Å²) >= 11 is 0. The van der Waals surface area contributed by atoms with Crippen molar-refractivity contribution < 1.29 is 19.4 Å². The number of benzene rings is 1. The van der Waals surface area contributed by atoms with Crippen molar-refractivity contribution in [2.24, 2.45) is 5.92 Å². The summed E-state index contributed by atoms with van der Waals surface area (Å²) in [7, 11) is 1.62. The van der Waals surface area contributed by atoms with Crippen molar-refractivity contribution in [1.82, 2.24) is 30.2 Å². The summed E-state index contributed by atoms with van der Waals surface area (Å²) in [5.41, 5.74) is 2.31. The van der Waals surface area contributed by atoms with E-state index in [1.54, 1.807) is 7.11 Å². The number of fused-ring (bicyclic) bond motifs is 3. The number of hydrogen-bond acceptors (Lipinski definition) is 8. The van der Waals surface area contributed by atoms with Gasteiger partial charge in [0.1, 0.15) is 23.7 Å². The van der Waals surface area contributed by atoms with E-state index in [1.807, 2.05) is 43.4 Å². The lowest BCUT2D eigenvalue weighted by Gasteiger charge is -2.22. The standard InChI is InChI=1S/C23H33N7O4/c1-13(2)19(27-22(32)14(3)31)23(33)25-11-7-6-10-24-20-21-29-28-15(4)30(21)18-9-8-16(34-5)12-17(18)26-20/h8-9,12-14,19,31H,6-7,10-11H2,1-5H3,(H,24,26)(H,25,33)(H,27,32)/t14-,19?/m0/s1. The molecule has 1 unspecified atom stereocenters. The average molecular weight is 472 g/mol. The summed E-state index contributed by atoms with van der Waals surface area (Å²) in [4.78, 5) is 28.9. The molecule has 2 aromatic heterocycles. The number of amides is 2. The Balaban J connectivity index is 1.56. The summed E-state index contributed by atoms with van der Waals surface area (Å²) in [5.74, 6) is 1.19. The fourth-order valence-electron chi connectivity index (χ4n) is 3.59. The first-order valence-electron chi connectivity index (χ1n) is 11.4. The third-order valence-corrected chi connectivity index (χ3v) is 5.51. The molecule has 2 atom stereocenters. The first-order valence-corrected chi connectivity index (χ1v) is 11.4. The van der Waals surface area contributed by atoms with Crippen LogP contribution in [0.25, 0.3) is 16.7 Å². The third-order valence-electron chi connectivity index (χ3n) is 5.51. The minimum atomic E-state index is -1.16. The van der Waals surface area contributed by atoms with Crippen molar-refractivity contribution in [1.29, 1.82) is 0 Å². The molecule has 4 N–H and O–H groups in total. The fraction of sp³-hybridized carbons (Fsp3) is 0.522. The minimum Gasteiger partial charge on any atom is -0.497 e. The van der Waals surface area contributed by atoms with E-state index in [-0.39, 0.29) is 11.8 Å². The van der Waals surface area contributed by atoms with E-state index in [0.717, 1.165) is 35.4 Å². The van der Waals surface area contributed by atoms with Crippen LogP contribution in [-0.2, 0) is 9.59 Å². The van der Waals surface area contributed by atoms with Crippen molar-refractivity contribution in [2.75, 3.05) is 25.5 Å². The number of unbranched alkanes of at least 4 members (excludes halogenated alkanes) is 1. The van der Waals surface area contributed by atoms with Crippen LogP contribution >= 0.6 is 0 Å². The Labute approximate surface area is 198 Å². The van der Waals surface area contributed by atoms with Gasteiger partial charge >= 0.3 is 0 Å². The number of carbonyl (C=O) groups excluding carboxylic acids is 2. The van der Waals surface area contributed by atoms with Crippen molar-refractivity contribution in [3.05, 3.63) is 24.0 Å². The second kappa shape index (κ2) is 11.1. The van der Waals surface area contributed by atoms with Crippen LogP contribution in [0.5, 0.6) is 5.75 Å². The number of hydrogen-bond donors (Lipinski definition) is 4. The lowest BCUT2D eigenvalue weighted by molar-refractivity contribution is -0.134. The Bertz CT molecular complexity index is 1160. The zero-order valence-electron chi connectivity index (χ0n) is 20.3. The van der Waals surface area contributed by atoms with E-state index in [4.69, 9.17) is 9.72 Å². The average Bonchev–Trinajstić information content (AvgIpc) is 3.20. The van der Waals surface area contributed by atoms with Crippen LogP contribution in [-0.4, -0.2) is 68.8 Å². The normalized spacial score (nSPS) is 13.1. The maximum Gasteiger partial charge on any atom is 0.249 e. The maximum atomic E-state index is 12.5. The molecule has 3 rings (SSSR count). The summed E-state index contributed by atoms with van der Waals surface area (Å²) in [6, 6.07) is 4.99. The molecule has 2 heterocycles. The second-order valence-corrected chi connectivity index (χ2v) is 8.55. The Morgan fingerprint density at radius 3 is 2.53 bits per heavy atom. The summed E-state index contributed by atoms with van der Waals surface area (Å²) in [6.45, 7) is 8.05. The van der Waals surface area contributed by atoms with Crippen LogP contribution in [0.1, 0.15) is 39.4 Å². The zero-order chi connectivity index (χ0) is 24.8. The van der Waals surface area contributed by atoms with E-state index in [0.29, 0.717) is 24.6 Å². The predicted molar refractivity (Wildman–Crippen MR) is 129 cm³/mol. The van der Waals surface area contributed by atoms with E-state index < -0.39 is 18.1 Å². The van der Waals surface area contributed by atoms with Gasteiger partial charge in [-0.1, -0.05) is 13.8 Å². The van der Waals surface area contributed by atoms with Crippen molar-refractivity contribution >= 4 is 34.3 Å². The molecule has 0 aliphatic carbocycles. The van der Waals surface area contributed by atoms with Gasteiger partial charge in [-0.3, -0.25) is 14.0 Å². The number of aliphatic hydroxyl groups is 1. The Kier molecular flexibility index (Phi) is 8.21. The van der Waals surface area contributed by atoms with Gasteiger partial charge in [-0.15, -0.1) is 10.2 Å². The molecule has 0 saturated carbocycles. The first-order chi connectivity index (χ1) is 16.2. The third kappa shape index (κ3) is 5.71. The summed E-state index contributed by atoms with van der Waals surface area (Å²) in [6.07, 6.45) is 0.353. The van der Waals surface area contributed by atoms with Gasteiger partial charge in [-0.25, -0.2) is 4.98 Å². The van der Waals surface area contributed by atoms with Crippen molar-refractivity contribution in [3.8, 4) is 5.75 Å². The van der Waals surface area contributed by atoms with Gasteiger partial charge in [0.15, 0.2) is 5.82 Å². The number of rotatable bonds is 11. The van der Waals surface area contributed by atoms with Gasteiger partial charge in [0.25, 0.3) is 0 Å². The first kappa shape index (κ1) is 25.2. The molecule has 2 amide bonds. The molecule has 11 heteroatoms. The zero-order valence-corrected chi connectivity index (χ0v) is 20.3. The van der Waals surface area contributed by atoms with E-state index in [2.05, 4.69) is 26.1 Å². The highest BCUT2D eigenvalue weighted by Crippen LogP contribution is 2.25. The monoisotopic (exact) mass is 471 g/mol. The van der Waals surface area contributed by atoms with Gasteiger partial charge < -0.3 is 25.8 Å². The summed E-state index contributed by atoms with van der Waals surface area (Å²) < 4.78 is 7.28. The van der Waals surface area contributed by atoms with E-state index in [9.17, 15) is 14.7 Å². The highest BCUT2D eigenvalue weighted by Gasteiger charge is 2.25. The SMILES string of the molecule is COc1ccc2c(c1)nc(NCCCCNC(=O)C(NC(=O)[C@H](C)O)C(C)C)c1nnc(C)n12. The van der Waals surface area contributed by atoms with E-state index in [1.165, 1.54) is 6.92 Å². The number of aromatic nitrogens is 4. The number of carbonyl (C=O) groups is 2. The largest absolute Gasteiger partial charge is 0.497 e. The molecule has 0 aliphatic rings. The molecule has 0 saturated heterocycles. The van der Waals surface area contributed by atoms with Crippen molar-refractivity contribution in [2.45, 2.75) is 52.7 Å². The number of aryl methyl sites for hydroxylation is 1. The van der Waals surface area contributed by atoms with Gasteiger partial charge in [0, 0.05) is 19.2 Å². The van der Waals surface area contributed by atoms with Gasteiger partial charge in [-0.2, -0.15) is 0 Å². The molecule has 0 spiro atoms. The lowest BCUT2D eigenvalue weighted by Crippen LogP contribution is -2.52. The van der Waals surface area contributed by atoms with Crippen LogP contribution in [0, 0.1) is 12.8 Å². The van der Waals surface area contributed by atoms with Gasteiger partial charge in [-0.05, 0) is 44.7 Å². The second-order valence-electron chi connectivity index (χ2n) is 8.55. The number of ether oxygens (including phenoxy) is 1. The minimum absolute atomic E-state index is 0.101. The number of anilines is 1. The molecule has 34 heavy (non-hydrogen) atoms. The maximum absolute atomic E-state index is 12.5. The molecule has 3 aromatic rings. The molecule has 11 nitrogen and oxygen atoms in total. The number of methoxy groups -OCH3 is 1. The Morgan fingerprint density at radius 1 is 1.12 bits per heavy atom. The molecule has 0 bridgehead atoms. The van der Waals surface area contributed by atoms with Gasteiger partial charge in [0.2, 0.25) is 17.5 Å². The van der Waals surface area contributed by atoms with Crippen LogP contribution in [0.15, 0.2) is 18.2 Å². The smallest absolute Gasteiger partial charge is 0.249 e. The molecule has 1 aromatic carbocycles. The number of nitrogens with zero attached hydrogens (tertiary/aromatic N) is 4. The molecule has 0 aliphatic heterocycles. The molecular formula is C23H33N7O4.